The summed E-state index contributed by atoms with van der Waals surface area (Å²) in [6.07, 6.45) is 2.27. The molecule has 1 rings (SSSR count). The van der Waals surface area contributed by atoms with Gasteiger partial charge in [0.15, 0.2) is 0 Å². The number of hydrogen-bond acceptors (Lipinski definition) is 3. The summed E-state index contributed by atoms with van der Waals surface area (Å²) in [5.41, 5.74) is 2.82. The average molecular weight is 170 g/mol. The average Bonchev–Trinajstić information content (AvgIpc) is 2.52. The lowest BCUT2D eigenvalue weighted by molar-refractivity contribution is 0.517. The minimum absolute atomic E-state index is 0.347. The molecule has 0 aromatic carbocycles. The molecule has 1 aromatic rings. The summed E-state index contributed by atoms with van der Waals surface area (Å²) in [4.78, 5) is 1.33. The highest BCUT2D eigenvalue weighted by molar-refractivity contribution is 7.10. The number of thiophene rings is 1. The van der Waals surface area contributed by atoms with Gasteiger partial charge in [-0.15, -0.1) is 11.3 Å². The Bertz CT molecular complexity index is 184. The molecule has 0 unspecified atom stereocenters. The first-order valence-corrected chi connectivity index (χ1v) is 4.76. The Morgan fingerprint density at radius 2 is 2.55 bits per heavy atom. The van der Waals surface area contributed by atoms with E-state index in [9.17, 15) is 0 Å². The van der Waals surface area contributed by atoms with Crippen LogP contribution in [0, 0.1) is 0 Å². The van der Waals surface area contributed by atoms with Gasteiger partial charge in [0, 0.05) is 4.88 Å². The lowest BCUT2D eigenvalue weighted by atomic mass is 10.1. The third-order valence-electron chi connectivity index (χ3n) is 1.67. The second kappa shape index (κ2) is 4.49. The summed E-state index contributed by atoms with van der Waals surface area (Å²) >= 11 is 1.75. The molecule has 0 fully saturated rings. The Labute approximate surface area is 71.4 Å². The normalized spacial score (nSPS) is 13.3. The maximum absolute atomic E-state index is 5.41. The summed E-state index contributed by atoms with van der Waals surface area (Å²) in [7, 11) is 0. The van der Waals surface area contributed by atoms with Gasteiger partial charge in [-0.25, -0.2) is 0 Å². The van der Waals surface area contributed by atoms with Crippen molar-refractivity contribution in [3.05, 3.63) is 22.4 Å². The van der Waals surface area contributed by atoms with Crippen LogP contribution in [0.4, 0.5) is 0 Å². The molecule has 11 heavy (non-hydrogen) atoms. The van der Waals surface area contributed by atoms with Gasteiger partial charge in [0.05, 0.1) is 6.04 Å². The van der Waals surface area contributed by atoms with Crippen LogP contribution in [-0.4, -0.2) is 0 Å². The summed E-state index contributed by atoms with van der Waals surface area (Å²) in [6, 6.07) is 4.52. The fourth-order valence-electron chi connectivity index (χ4n) is 1.09. The van der Waals surface area contributed by atoms with Gasteiger partial charge < -0.3 is 0 Å². The van der Waals surface area contributed by atoms with Crippen LogP contribution < -0.4 is 11.3 Å². The highest BCUT2D eigenvalue weighted by Crippen LogP contribution is 2.21. The molecule has 62 valence electrons. The van der Waals surface area contributed by atoms with E-state index in [0.717, 1.165) is 12.8 Å². The predicted molar refractivity (Wildman–Crippen MR) is 49.3 cm³/mol. The van der Waals surface area contributed by atoms with E-state index in [-0.39, 0.29) is 0 Å². The molecule has 0 bridgehead atoms. The Morgan fingerprint density at radius 1 is 1.73 bits per heavy atom. The molecular formula is C8H14N2S. The second-order valence-electron chi connectivity index (χ2n) is 2.52. The van der Waals surface area contributed by atoms with E-state index in [1.807, 2.05) is 0 Å². The third-order valence-corrected chi connectivity index (χ3v) is 2.65. The molecule has 0 spiro atoms. The van der Waals surface area contributed by atoms with Crippen molar-refractivity contribution in [3.63, 3.8) is 0 Å². The number of hydrogen-bond donors (Lipinski definition) is 2. The maximum Gasteiger partial charge on any atom is 0.0553 e. The van der Waals surface area contributed by atoms with Gasteiger partial charge in [0.2, 0.25) is 0 Å². The van der Waals surface area contributed by atoms with Crippen LogP contribution in [0.3, 0.4) is 0 Å². The van der Waals surface area contributed by atoms with Gasteiger partial charge in [-0.2, -0.15) is 0 Å². The lowest BCUT2D eigenvalue weighted by Crippen LogP contribution is -2.27. The van der Waals surface area contributed by atoms with Crippen molar-refractivity contribution in [2.75, 3.05) is 0 Å². The van der Waals surface area contributed by atoms with Crippen molar-refractivity contribution in [3.8, 4) is 0 Å². The van der Waals surface area contributed by atoms with Crippen molar-refractivity contribution in [1.82, 2.24) is 5.43 Å². The Balaban J connectivity index is 2.56. The molecule has 0 aliphatic carbocycles. The largest absolute Gasteiger partial charge is 0.271 e. The minimum atomic E-state index is 0.347. The first-order chi connectivity index (χ1) is 5.38. The molecule has 0 aliphatic heterocycles. The summed E-state index contributed by atoms with van der Waals surface area (Å²) < 4.78 is 0. The number of nitrogens with one attached hydrogen (secondary N) is 1. The van der Waals surface area contributed by atoms with E-state index in [4.69, 9.17) is 5.84 Å². The van der Waals surface area contributed by atoms with Crippen LogP contribution in [0.15, 0.2) is 17.5 Å². The monoisotopic (exact) mass is 170 g/mol. The van der Waals surface area contributed by atoms with E-state index < -0.39 is 0 Å². The van der Waals surface area contributed by atoms with Crippen molar-refractivity contribution < 1.29 is 0 Å². The fraction of sp³-hybridized carbons (Fsp3) is 0.500. The third kappa shape index (κ3) is 2.29. The van der Waals surface area contributed by atoms with E-state index in [1.165, 1.54) is 4.88 Å². The smallest absolute Gasteiger partial charge is 0.0553 e. The van der Waals surface area contributed by atoms with Crippen LogP contribution in [-0.2, 0) is 0 Å². The summed E-state index contributed by atoms with van der Waals surface area (Å²) in [6.45, 7) is 2.16. The molecule has 0 saturated heterocycles. The number of hydrazine groups is 1. The van der Waals surface area contributed by atoms with E-state index >= 15 is 0 Å². The SMILES string of the molecule is CCC[C@@H](NN)c1cccs1. The lowest BCUT2D eigenvalue weighted by Gasteiger charge is -2.11. The Kier molecular flexibility index (Phi) is 3.56. The zero-order valence-corrected chi connectivity index (χ0v) is 7.53. The van der Waals surface area contributed by atoms with Gasteiger partial charge in [0.25, 0.3) is 0 Å². The molecule has 1 heterocycles. The van der Waals surface area contributed by atoms with Gasteiger partial charge in [-0.05, 0) is 17.9 Å². The Morgan fingerprint density at radius 3 is 3.00 bits per heavy atom. The Hall–Kier alpha value is -0.380. The molecular weight excluding hydrogens is 156 g/mol. The topological polar surface area (TPSA) is 38.0 Å². The maximum atomic E-state index is 5.41. The van der Waals surface area contributed by atoms with Crippen LogP contribution in [0.2, 0.25) is 0 Å². The molecule has 0 saturated carbocycles. The standard InChI is InChI=1S/C8H14N2S/c1-2-4-7(10-9)8-5-3-6-11-8/h3,5-7,10H,2,4,9H2,1H3/t7-/m1/s1. The van der Waals surface area contributed by atoms with Crippen LogP contribution >= 0.6 is 11.3 Å². The molecule has 1 atom stereocenters. The van der Waals surface area contributed by atoms with Crippen LogP contribution in [0.5, 0.6) is 0 Å². The van der Waals surface area contributed by atoms with Crippen molar-refractivity contribution in [2.45, 2.75) is 25.8 Å². The highest BCUT2D eigenvalue weighted by atomic mass is 32.1. The quantitative estimate of drug-likeness (QED) is 0.536. The van der Waals surface area contributed by atoms with Crippen molar-refractivity contribution in [1.29, 1.82) is 0 Å². The van der Waals surface area contributed by atoms with Gasteiger partial charge >= 0.3 is 0 Å². The highest BCUT2D eigenvalue weighted by Gasteiger charge is 2.07. The van der Waals surface area contributed by atoms with Gasteiger partial charge in [-0.1, -0.05) is 19.4 Å². The molecule has 3 N–H and O–H groups in total. The van der Waals surface area contributed by atoms with Gasteiger partial charge in [-0.3, -0.25) is 11.3 Å². The molecule has 0 amide bonds. The van der Waals surface area contributed by atoms with Crippen LogP contribution in [0.25, 0.3) is 0 Å². The molecule has 1 aromatic heterocycles. The number of nitrogens with two attached hydrogens (primary N) is 1. The van der Waals surface area contributed by atoms with Crippen molar-refractivity contribution in [2.24, 2.45) is 5.84 Å². The van der Waals surface area contributed by atoms with Crippen LogP contribution in [0.1, 0.15) is 30.7 Å². The first kappa shape index (κ1) is 8.71. The van der Waals surface area contributed by atoms with E-state index in [1.54, 1.807) is 11.3 Å². The molecule has 3 heteroatoms. The predicted octanol–water partition coefficient (Wildman–Crippen LogP) is 2.05. The van der Waals surface area contributed by atoms with E-state index in [2.05, 4.69) is 29.9 Å². The minimum Gasteiger partial charge on any atom is -0.271 e. The number of rotatable bonds is 4. The summed E-state index contributed by atoms with van der Waals surface area (Å²) in [5, 5.41) is 2.08. The summed E-state index contributed by atoms with van der Waals surface area (Å²) in [5.74, 6) is 5.41. The molecule has 0 radical (unpaired) electrons. The zero-order valence-electron chi connectivity index (χ0n) is 6.71. The molecule has 0 aliphatic rings. The molecule has 2 nitrogen and oxygen atoms in total. The van der Waals surface area contributed by atoms with Gasteiger partial charge in [0.1, 0.15) is 0 Å². The first-order valence-electron chi connectivity index (χ1n) is 3.88. The second-order valence-corrected chi connectivity index (χ2v) is 3.50. The zero-order chi connectivity index (χ0) is 8.10. The van der Waals surface area contributed by atoms with Crippen molar-refractivity contribution >= 4 is 11.3 Å². The fourth-order valence-corrected chi connectivity index (χ4v) is 1.91. The van der Waals surface area contributed by atoms with E-state index in [0.29, 0.717) is 6.04 Å².